The fourth-order valence-electron chi connectivity index (χ4n) is 2.94. The number of aromatic amines is 2. The third kappa shape index (κ3) is 3.53. The Morgan fingerprint density at radius 1 is 0.500 bits per heavy atom. The van der Waals surface area contributed by atoms with Crippen molar-refractivity contribution in [2.75, 3.05) is 0 Å². The number of nitrogens with one attached hydrogen (secondary N) is 2. The van der Waals surface area contributed by atoms with Gasteiger partial charge in [-0.25, -0.2) is 9.97 Å². The number of hydrogen-bond donors (Lipinski definition) is 2. The number of H-pyrrole nitrogens is 2. The van der Waals surface area contributed by atoms with Crippen LogP contribution in [0.4, 0.5) is 0 Å². The van der Waals surface area contributed by atoms with Crippen LogP contribution in [0.2, 0.25) is 0 Å². The van der Waals surface area contributed by atoms with Gasteiger partial charge in [0.1, 0.15) is 0 Å². The molecule has 0 radical (unpaired) electrons. The summed E-state index contributed by atoms with van der Waals surface area (Å²) in [6.45, 7) is 0. The molecule has 0 unspecified atom stereocenters. The smallest absolute Gasteiger partial charge is 0.0659 e. The normalized spacial score (nSPS) is 11.7. The van der Waals surface area contributed by atoms with Crippen LogP contribution in [0.1, 0.15) is 22.8 Å². The van der Waals surface area contributed by atoms with Crippen LogP contribution in [0, 0.1) is 0 Å². The molecule has 0 saturated heterocycles. The summed E-state index contributed by atoms with van der Waals surface area (Å²) in [5.74, 6) is 0. The van der Waals surface area contributed by atoms with Gasteiger partial charge >= 0.3 is 0 Å². The van der Waals surface area contributed by atoms with E-state index in [-0.39, 0.29) is 23.2 Å². The quantitative estimate of drug-likeness (QED) is 0.353. The number of nitrogens with zero attached hydrogens (tertiary/aromatic N) is 2. The molecule has 2 aliphatic rings. The summed E-state index contributed by atoms with van der Waals surface area (Å²) >= 11 is 0. The maximum absolute atomic E-state index is 4.62. The van der Waals surface area contributed by atoms with Gasteiger partial charge in [-0.3, -0.25) is 0 Å². The summed E-state index contributed by atoms with van der Waals surface area (Å²) < 4.78 is 0. The maximum atomic E-state index is 4.62. The van der Waals surface area contributed by atoms with Crippen molar-refractivity contribution < 1.29 is 17.1 Å². The average Bonchev–Trinajstić information content (AvgIpc) is 3.32. The van der Waals surface area contributed by atoms with Crippen LogP contribution in [-0.2, 0) is 17.1 Å². The van der Waals surface area contributed by atoms with Crippen molar-refractivity contribution in [2.45, 2.75) is 0 Å². The molecule has 3 aromatic heterocycles. The molecule has 3 aromatic rings. The molecule has 4 N–H and O–H groups in total. The van der Waals surface area contributed by atoms with E-state index in [2.05, 4.69) is 50.3 Å². The van der Waals surface area contributed by atoms with Gasteiger partial charge in [-0.05, 0) is 72.8 Å². The summed E-state index contributed by atoms with van der Waals surface area (Å²) in [5.41, 5.74) is 7.86. The molecule has 5 heterocycles. The summed E-state index contributed by atoms with van der Waals surface area (Å²) in [7, 11) is 0. The molecule has 0 fully saturated rings. The van der Waals surface area contributed by atoms with E-state index in [4.69, 9.17) is 0 Å². The second kappa shape index (κ2) is 7.14. The van der Waals surface area contributed by atoms with Crippen molar-refractivity contribution in [1.82, 2.24) is 19.9 Å². The Balaban J connectivity index is 0.000000980. The van der Waals surface area contributed by atoms with Crippen LogP contribution in [-0.4, -0.2) is 19.9 Å². The number of fused-ring (bicyclic) bond motifs is 8. The number of rotatable bonds is 0. The van der Waals surface area contributed by atoms with Crippen LogP contribution >= 0.6 is 0 Å². The molecule has 6 heteroatoms. The zero-order valence-electron chi connectivity index (χ0n) is 13.8. The van der Waals surface area contributed by atoms with Gasteiger partial charge in [0.05, 0.1) is 22.8 Å². The molecular weight excluding hydrogens is 366 g/mol. The van der Waals surface area contributed by atoms with Gasteiger partial charge in [-0.1, -0.05) is 0 Å². The molecule has 8 bridgehead atoms. The van der Waals surface area contributed by atoms with Crippen LogP contribution in [0.3, 0.4) is 0 Å². The molecule has 0 aromatic carbocycles. The third-order valence-corrected chi connectivity index (χ3v) is 4.04. The minimum Gasteiger partial charge on any atom is -0.693 e. The van der Waals surface area contributed by atoms with Crippen molar-refractivity contribution in [3.8, 4) is 0 Å². The van der Waals surface area contributed by atoms with Crippen LogP contribution in [0.25, 0.3) is 52.5 Å². The Morgan fingerprint density at radius 3 is 1.27 bits per heavy atom. The van der Waals surface area contributed by atoms with E-state index in [9.17, 15) is 0 Å². The van der Waals surface area contributed by atoms with Gasteiger partial charge < -0.3 is 16.1 Å². The number of aromatic nitrogens is 4. The van der Waals surface area contributed by atoms with Crippen molar-refractivity contribution in [2.24, 2.45) is 0 Å². The van der Waals surface area contributed by atoms with Crippen molar-refractivity contribution in [3.05, 3.63) is 77.5 Å². The standard InChI is InChI=1S/C20H14N4.Fe.H2N/c1-2-14-10-16-5-6-18(23-16)12-20-8-7-19(24-20)11-17-4-3-15(22-17)9-13(1)21-14;;/h1-12,21-22H;;1H2/q;;-1. The minimum absolute atomic E-state index is 0. The zero-order chi connectivity index (χ0) is 15.9. The monoisotopic (exact) mass is 382 g/mol. The van der Waals surface area contributed by atoms with Crippen LogP contribution in [0.5, 0.6) is 0 Å². The van der Waals surface area contributed by atoms with Gasteiger partial charge in [-0.2, -0.15) is 0 Å². The molecule has 2 aliphatic heterocycles. The van der Waals surface area contributed by atoms with Gasteiger partial charge in [-0.15, -0.1) is 0 Å². The molecule has 5 rings (SSSR count). The van der Waals surface area contributed by atoms with E-state index in [1.165, 1.54) is 0 Å². The largest absolute Gasteiger partial charge is 0.693 e. The third-order valence-electron chi connectivity index (χ3n) is 4.04. The molecule has 0 aliphatic carbocycles. The Bertz CT molecular complexity index is 1080. The first-order valence-corrected chi connectivity index (χ1v) is 7.85. The first kappa shape index (κ1) is 17.9. The fraction of sp³-hybridized carbons (Fsp3) is 0. The number of hydrogen-bond acceptors (Lipinski definition) is 2. The second-order valence-electron chi connectivity index (χ2n) is 5.91. The first-order chi connectivity index (χ1) is 11.8. The van der Waals surface area contributed by atoms with E-state index in [0.29, 0.717) is 0 Å². The van der Waals surface area contributed by atoms with E-state index >= 15 is 0 Å². The van der Waals surface area contributed by atoms with Gasteiger partial charge in [0.25, 0.3) is 0 Å². The van der Waals surface area contributed by atoms with E-state index in [0.717, 1.165) is 44.8 Å². The summed E-state index contributed by atoms with van der Waals surface area (Å²) in [5, 5.41) is 0. The molecule has 5 nitrogen and oxygen atoms in total. The summed E-state index contributed by atoms with van der Waals surface area (Å²) in [6, 6.07) is 16.4. The second-order valence-corrected chi connectivity index (χ2v) is 5.91. The molecule has 0 atom stereocenters. The van der Waals surface area contributed by atoms with Gasteiger partial charge in [0.2, 0.25) is 0 Å². The number of nitrogens with two attached hydrogens (primary N) is 1. The van der Waals surface area contributed by atoms with Gasteiger partial charge in [0, 0.05) is 39.1 Å². The molecule has 0 amide bonds. The van der Waals surface area contributed by atoms with Crippen LogP contribution in [0.15, 0.2) is 48.5 Å². The Morgan fingerprint density at radius 2 is 0.846 bits per heavy atom. The Labute approximate surface area is 161 Å². The fourth-order valence-corrected chi connectivity index (χ4v) is 2.94. The SMILES string of the molecule is C1=Cc2cc3ccc(cc4ccc(cc5nc(cc1n2)C=C5)[nH]4)[nH]3.[Fe].[NH2-]. The van der Waals surface area contributed by atoms with E-state index in [1.807, 2.05) is 42.5 Å². The van der Waals surface area contributed by atoms with Crippen molar-refractivity contribution in [3.63, 3.8) is 0 Å². The van der Waals surface area contributed by atoms with E-state index < -0.39 is 0 Å². The summed E-state index contributed by atoms with van der Waals surface area (Å²) in [6.07, 6.45) is 8.05. The minimum atomic E-state index is 0. The Kier molecular flexibility index (Phi) is 4.91. The first-order valence-electron chi connectivity index (χ1n) is 7.85. The predicted octanol–water partition coefficient (Wildman–Crippen LogP) is 5.37. The van der Waals surface area contributed by atoms with Gasteiger partial charge in [0.15, 0.2) is 0 Å². The average molecular weight is 382 g/mol. The molecule has 26 heavy (non-hydrogen) atoms. The zero-order valence-corrected chi connectivity index (χ0v) is 14.9. The maximum Gasteiger partial charge on any atom is 0.0659 e. The molecule has 0 saturated carbocycles. The molecule has 0 spiro atoms. The summed E-state index contributed by atoms with van der Waals surface area (Å²) in [4.78, 5) is 16.0. The predicted molar refractivity (Wildman–Crippen MR) is 104 cm³/mol. The van der Waals surface area contributed by atoms with Crippen LogP contribution < -0.4 is 0 Å². The van der Waals surface area contributed by atoms with Crippen molar-refractivity contribution >= 4 is 46.4 Å². The molecule has 130 valence electrons. The Hall–Kier alpha value is -2.92. The van der Waals surface area contributed by atoms with E-state index in [1.54, 1.807) is 0 Å². The van der Waals surface area contributed by atoms with Crippen molar-refractivity contribution in [1.29, 1.82) is 0 Å². The topological polar surface area (TPSA) is 90.9 Å². The molecular formula is C20H16FeN5-.